The Balaban J connectivity index is 2.86. The van der Waals surface area contributed by atoms with E-state index < -0.39 is 0 Å². The Morgan fingerprint density at radius 2 is 2.25 bits per heavy atom. The molecule has 0 aromatic heterocycles. The summed E-state index contributed by atoms with van der Waals surface area (Å²) in [6.45, 7) is 5.26. The van der Waals surface area contributed by atoms with Crippen molar-refractivity contribution in [2.24, 2.45) is 0 Å². The van der Waals surface area contributed by atoms with Crippen molar-refractivity contribution >= 4 is 7.85 Å². The molecule has 1 atom stereocenters. The van der Waals surface area contributed by atoms with E-state index in [0.717, 1.165) is 12.9 Å². The maximum absolute atomic E-state index is 5.27. The van der Waals surface area contributed by atoms with Gasteiger partial charge >= 0.3 is 0 Å². The second-order valence-electron chi connectivity index (χ2n) is 2.05. The molecule has 1 nitrogen and oxygen atoms in total. The Morgan fingerprint density at radius 3 is 2.62 bits per heavy atom. The van der Waals surface area contributed by atoms with Crippen LogP contribution in [0.15, 0.2) is 0 Å². The minimum absolute atomic E-state index is 0.624. The summed E-state index contributed by atoms with van der Waals surface area (Å²) in [6.07, 6.45) is 1.92. The zero-order valence-corrected chi connectivity index (χ0v) is 5.78. The van der Waals surface area contributed by atoms with Gasteiger partial charge in [-0.1, -0.05) is 13.2 Å². The first-order valence-corrected chi connectivity index (χ1v) is 3.24. The topological polar surface area (TPSA) is 12.0 Å². The summed E-state index contributed by atoms with van der Waals surface area (Å²) in [4.78, 5) is 0. The molecule has 0 aliphatic carbocycles. The van der Waals surface area contributed by atoms with Crippen LogP contribution in [0, 0.1) is 0 Å². The number of hydrogen-bond acceptors (Lipinski definition) is 1. The maximum atomic E-state index is 5.27. The number of hydrogen-bond donors (Lipinski definition) is 1. The van der Waals surface area contributed by atoms with Crippen LogP contribution in [0.5, 0.6) is 0 Å². The number of rotatable bonds is 4. The van der Waals surface area contributed by atoms with Gasteiger partial charge in [-0.05, 0) is 19.9 Å². The van der Waals surface area contributed by atoms with Crippen molar-refractivity contribution in [3.8, 4) is 0 Å². The Bertz CT molecular complexity index is 47.8. The van der Waals surface area contributed by atoms with Crippen LogP contribution in [0.25, 0.3) is 0 Å². The van der Waals surface area contributed by atoms with Crippen LogP contribution in [0.3, 0.4) is 0 Å². The van der Waals surface area contributed by atoms with Crippen LogP contribution in [0.1, 0.15) is 20.3 Å². The third kappa shape index (κ3) is 4.19. The predicted octanol–water partition coefficient (Wildman–Crippen LogP) is 0.961. The average Bonchev–Trinajstić information content (AvgIpc) is 1.83. The highest BCUT2D eigenvalue weighted by Gasteiger charge is 1.92. The average molecular weight is 111 g/mol. The Morgan fingerprint density at radius 1 is 1.62 bits per heavy atom. The first kappa shape index (κ1) is 8.02. The van der Waals surface area contributed by atoms with E-state index in [0.29, 0.717) is 6.04 Å². The summed E-state index contributed by atoms with van der Waals surface area (Å²) in [6, 6.07) is 0.624. The molecule has 0 aliphatic rings. The van der Waals surface area contributed by atoms with Crippen LogP contribution < -0.4 is 5.32 Å². The maximum Gasteiger partial charge on any atom is 0.0670 e. The molecule has 2 heteroatoms. The van der Waals surface area contributed by atoms with Crippen LogP contribution in [-0.2, 0) is 0 Å². The molecule has 0 heterocycles. The summed E-state index contributed by atoms with van der Waals surface area (Å²) >= 11 is 0. The summed E-state index contributed by atoms with van der Waals surface area (Å²) in [7, 11) is 5.27. The molecule has 0 bridgehead atoms. The zero-order valence-electron chi connectivity index (χ0n) is 5.78. The van der Waals surface area contributed by atoms with E-state index in [9.17, 15) is 0 Å². The van der Waals surface area contributed by atoms with Crippen molar-refractivity contribution in [2.75, 3.05) is 6.54 Å². The molecule has 0 unspecified atom stereocenters. The third-order valence-electron chi connectivity index (χ3n) is 1.25. The van der Waals surface area contributed by atoms with Crippen LogP contribution in [0.4, 0.5) is 0 Å². The van der Waals surface area contributed by atoms with E-state index in [1.54, 1.807) is 0 Å². The normalized spacial score (nSPS) is 13.8. The lowest BCUT2D eigenvalue weighted by Crippen LogP contribution is -2.25. The highest BCUT2D eigenvalue weighted by Crippen LogP contribution is 1.85. The summed E-state index contributed by atoms with van der Waals surface area (Å²) in [5.74, 6) is 0. The van der Waals surface area contributed by atoms with Crippen LogP contribution >= 0.6 is 0 Å². The molecule has 0 rings (SSSR count). The van der Waals surface area contributed by atoms with Gasteiger partial charge in [0.25, 0.3) is 0 Å². The second-order valence-corrected chi connectivity index (χ2v) is 2.05. The van der Waals surface area contributed by atoms with E-state index >= 15 is 0 Å². The van der Waals surface area contributed by atoms with Crippen molar-refractivity contribution in [3.63, 3.8) is 0 Å². The monoisotopic (exact) mass is 111 g/mol. The quantitative estimate of drug-likeness (QED) is 0.533. The van der Waals surface area contributed by atoms with Crippen molar-refractivity contribution in [2.45, 2.75) is 32.6 Å². The molecular formula is C6H14BN. The minimum Gasteiger partial charge on any atom is -0.315 e. The minimum atomic E-state index is 0.624. The van der Waals surface area contributed by atoms with Gasteiger partial charge < -0.3 is 5.32 Å². The smallest absolute Gasteiger partial charge is 0.0670 e. The summed E-state index contributed by atoms with van der Waals surface area (Å²) in [5, 5.41) is 3.26. The lowest BCUT2D eigenvalue weighted by molar-refractivity contribution is 0.553. The van der Waals surface area contributed by atoms with Gasteiger partial charge in [-0.15, -0.1) is 0 Å². The van der Waals surface area contributed by atoms with Gasteiger partial charge in [0, 0.05) is 6.04 Å². The van der Waals surface area contributed by atoms with E-state index in [1.165, 1.54) is 6.42 Å². The molecule has 0 amide bonds. The molecule has 46 valence electrons. The molecule has 1 N–H and O–H groups in total. The van der Waals surface area contributed by atoms with Gasteiger partial charge in [0.1, 0.15) is 0 Å². The fourth-order valence-corrected chi connectivity index (χ4v) is 0.474. The molecular weight excluding hydrogens is 96.9 g/mol. The zero-order chi connectivity index (χ0) is 6.41. The summed E-state index contributed by atoms with van der Waals surface area (Å²) < 4.78 is 0. The van der Waals surface area contributed by atoms with Crippen molar-refractivity contribution < 1.29 is 0 Å². The Hall–Kier alpha value is 0.0249. The number of nitrogens with one attached hydrogen (secondary N) is 1. The van der Waals surface area contributed by atoms with Gasteiger partial charge in [0.2, 0.25) is 0 Å². The molecule has 0 aliphatic heterocycles. The molecule has 0 aromatic rings. The second kappa shape index (κ2) is 5.17. The fraction of sp³-hybridized carbons (Fsp3) is 1.00. The van der Waals surface area contributed by atoms with Gasteiger partial charge in [-0.3, -0.25) is 0 Å². The van der Waals surface area contributed by atoms with Crippen molar-refractivity contribution in [1.82, 2.24) is 5.32 Å². The molecule has 0 saturated heterocycles. The molecule has 0 spiro atoms. The van der Waals surface area contributed by atoms with Gasteiger partial charge in [-0.25, -0.2) is 0 Å². The molecule has 0 aromatic carbocycles. The van der Waals surface area contributed by atoms with Gasteiger partial charge in [0.05, 0.1) is 7.85 Å². The van der Waals surface area contributed by atoms with E-state index in [1.807, 2.05) is 0 Å². The van der Waals surface area contributed by atoms with E-state index in [2.05, 4.69) is 19.2 Å². The third-order valence-corrected chi connectivity index (χ3v) is 1.25. The van der Waals surface area contributed by atoms with E-state index in [-0.39, 0.29) is 0 Å². The Kier molecular flexibility index (Phi) is 5.18. The van der Waals surface area contributed by atoms with Crippen molar-refractivity contribution in [3.05, 3.63) is 0 Å². The highest BCUT2D eigenvalue weighted by atomic mass is 14.9. The molecule has 0 saturated carbocycles. The SMILES string of the molecule is [B]CCN[C@H](C)CC. The highest BCUT2D eigenvalue weighted by molar-refractivity contribution is 6.08. The molecule has 2 radical (unpaired) electrons. The fourth-order valence-electron chi connectivity index (χ4n) is 0.474. The predicted molar refractivity (Wildman–Crippen MR) is 38.3 cm³/mol. The largest absolute Gasteiger partial charge is 0.315 e. The van der Waals surface area contributed by atoms with Crippen LogP contribution in [0.2, 0.25) is 6.32 Å². The van der Waals surface area contributed by atoms with Crippen LogP contribution in [-0.4, -0.2) is 20.4 Å². The Labute approximate surface area is 53.3 Å². The first-order chi connectivity index (χ1) is 3.81. The van der Waals surface area contributed by atoms with Gasteiger partial charge in [0.15, 0.2) is 0 Å². The van der Waals surface area contributed by atoms with Gasteiger partial charge in [-0.2, -0.15) is 0 Å². The summed E-state index contributed by atoms with van der Waals surface area (Å²) in [5.41, 5.74) is 0. The molecule has 0 fully saturated rings. The van der Waals surface area contributed by atoms with Crippen molar-refractivity contribution in [1.29, 1.82) is 0 Å². The first-order valence-electron chi connectivity index (χ1n) is 3.24. The standard InChI is InChI=1S/C6H14BN/c1-3-6(2)8-5-4-7/h6,8H,3-5H2,1-2H3/t6-/m1/s1. The molecule has 8 heavy (non-hydrogen) atoms. The van der Waals surface area contributed by atoms with E-state index in [4.69, 9.17) is 7.85 Å². The lowest BCUT2D eigenvalue weighted by Gasteiger charge is -2.08. The lowest BCUT2D eigenvalue weighted by atomic mass is 10.1.